The number of alkyl halides is 2. The zero-order valence-corrected chi connectivity index (χ0v) is 17.1. The summed E-state index contributed by atoms with van der Waals surface area (Å²) in [5.74, 6) is 1.36. The van der Waals surface area contributed by atoms with Crippen LogP contribution in [0.25, 0.3) is 5.57 Å². The molecule has 0 spiro atoms. The van der Waals surface area contributed by atoms with Crippen LogP contribution in [-0.4, -0.2) is 38.5 Å². The van der Waals surface area contributed by atoms with Crippen LogP contribution < -0.4 is 21.2 Å². The topological polar surface area (TPSA) is 59.2 Å². The van der Waals surface area contributed by atoms with Gasteiger partial charge in [-0.1, -0.05) is 0 Å². The Morgan fingerprint density at radius 3 is 3.04 bits per heavy atom. The average molecular weight is 474 g/mol. The normalized spacial score (nSPS) is 22.5. The Morgan fingerprint density at radius 2 is 2.07 bits per heavy atom. The van der Waals surface area contributed by atoms with Crippen LogP contribution >= 0.6 is 0 Å². The number of amides is 1. The van der Waals surface area contributed by atoms with Crippen LogP contribution in [0.3, 0.4) is 0 Å². The average Bonchev–Trinajstić information content (AvgIpc) is 2.90. The molecule has 1 unspecified atom stereocenters. The fourth-order valence-electron chi connectivity index (χ4n) is 3.08. The Morgan fingerprint density at radius 1 is 1.11 bits per heavy atom. The molecule has 0 N–H and O–H groups in total. The molecule has 1 aromatic rings. The maximum atomic E-state index is 12.9. The number of allylic oxidation sites excluding steroid dienone is 10. The number of nitrogens with zero attached hydrogens (tertiary/aromatic N) is 3. The van der Waals surface area contributed by atoms with E-state index in [4.69, 9.17) is 4.42 Å². The molecule has 1 fully saturated rings. The zero-order chi connectivity index (χ0) is 18.5. The van der Waals surface area contributed by atoms with Crippen LogP contribution in [0.1, 0.15) is 28.5 Å². The van der Waals surface area contributed by atoms with Crippen molar-refractivity contribution in [1.82, 2.24) is 15.1 Å². The second-order valence-electron chi connectivity index (χ2n) is 6.40. The second kappa shape index (κ2) is 8.65. The van der Waals surface area contributed by atoms with Crippen molar-refractivity contribution in [2.24, 2.45) is 0 Å². The fourth-order valence-corrected chi connectivity index (χ4v) is 6.07. The van der Waals surface area contributed by atoms with Crippen molar-refractivity contribution in [1.29, 1.82) is 0 Å². The van der Waals surface area contributed by atoms with Gasteiger partial charge in [-0.3, -0.25) is 0 Å². The van der Waals surface area contributed by atoms with Gasteiger partial charge < -0.3 is 0 Å². The van der Waals surface area contributed by atoms with E-state index in [2.05, 4.69) is 16.3 Å². The van der Waals surface area contributed by atoms with Crippen LogP contribution in [-0.2, 0) is 4.79 Å². The van der Waals surface area contributed by atoms with Crippen molar-refractivity contribution in [3.8, 4) is 0 Å². The molecule has 1 atom stereocenters. The summed E-state index contributed by atoms with van der Waals surface area (Å²) in [5, 5.41) is 8.57. The molecule has 140 valence electrons. The summed E-state index contributed by atoms with van der Waals surface area (Å²) in [4.78, 5) is 14.8. The third-order valence-corrected chi connectivity index (χ3v) is 7.62. The van der Waals surface area contributed by atoms with Gasteiger partial charge in [0, 0.05) is 0 Å². The number of halogens is 1. The summed E-state index contributed by atoms with van der Waals surface area (Å²) >= 11 is -0.106. The van der Waals surface area contributed by atoms with Crippen molar-refractivity contribution in [2.75, 3.05) is 17.5 Å². The number of rotatable bonds is 3. The number of carbonyl (C=O) groups excluding carboxylic acids is 1. The van der Waals surface area contributed by atoms with Gasteiger partial charge in [0.1, 0.15) is 0 Å². The van der Waals surface area contributed by atoms with Crippen molar-refractivity contribution in [3.05, 3.63) is 78.1 Å². The van der Waals surface area contributed by atoms with Gasteiger partial charge in [0.25, 0.3) is 0 Å². The van der Waals surface area contributed by atoms with Crippen LogP contribution in [0.2, 0.25) is 0 Å². The number of aromatic nitrogens is 2. The number of carbonyl (C=O) groups is 1. The maximum absolute atomic E-state index is 12.9. The van der Waals surface area contributed by atoms with E-state index in [9.17, 15) is 4.79 Å². The van der Waals surface area contributed by atoms with Crippen LogP contribution in [0.15, 0.2) is 70.8 Å². The van der Waals surface area contributed by atoms with Gasteiger partial charge in [0.05, 0.1) is 0 Å². The molecule has 2 heterocycles. The molecule has 0 bridgehead atoms. The summed E-state index contributed by atoms with van der Waals surface area (Å²) in [6.07, 6.45) is 21.6. The Kier molecular flexibility index (Phi) is 5.81. The molecule has 4 rings (SSSR count). The van der Waals surface area contributed by atoms with E-state index in [0.29, 0.717) is 18.3 Å². The summed E-state index contributed by atoms with van der Waals surface area (Å²) in [6, 6.07) is 0. The fraction of sp³-hybridized carbons (Fsp3) is 0.286. The standard InChI is InChI=1S/C21H21IN3O2/c26-21(17-11-7-3-4-8-12-17)25-14-13-22-18(15-25)20-24-23-19(27-20)16-9-5-1-2-6-10-16/h1-3,5-9,11-12,18H,4,10,13-15H2/q-1. The predicted molar refractivity (Wildman–Crippen MR) is 100 cm³/mol. The summed E-state index contributed by atoms with van der Waals surface area (Å²) in [6.45, 7) is 1.49. The van der Waals surface area contributed by atoms with Gasteiger partial charge in [0.15, 0.2) is 0 Å². The number of hydrogen-bond acceptors (Lipinski definition) is 4. The summed E-state index contributed by atoms with van der Waals surface area (Å²) in [7, 11) is 0. The monoisotopic (exact) mass is 474 g/mol. The minimum atomic E-state index is -0.106. The van der Waals surface area contributed by atoms with Crippen LogP contribution in [0, 0.1) is 0 Å². The van der Waals surface area contributed by atoms with Crippen molar-refractivity contribution in [2.45, 2.75) is 16.8 Å². The quantitative estimate of drug-likeness (QED) is 0.470. The van der Waals surface area contributed by atoms with E-state index < -0.39 is 0 Å². The minimum absolute atomic E-state index is 0.0907. The second-order valence-corrected chi connectivity index (χ2v) is 9.87. The van der Waals surface area contributed by atoms with E-state index in [1.807, 2.05) is 59.6 Å². The van der Waals surface area contributed by atoms with Crippen LogP contribution in [0.5, 0.6) is 0 Å². The molecule has 1 aromatic heterocycles. The van der Waals surface area contributed by atoms with Gasteiger partial charge in [-0.2, -0.15) is 0 Å². The molecule has 1 amide bonds. The molecule has 6 heteroatoms. The first-order chi connectivity index (χ1) is 13.3. The summed E-state index contributed by atoms with van der Waals surface area (Å²) < 4.78 is 7.25. The Labute approximate surface area is 169 Å². The van der Waals surface area contributed by atoms with Gasteiger partial charge >= 0.3 is 169 Å². The molecule has 1 aliphatic heterocycles. The van der Waals surface area contributed by atoms with Gasteiger partial charge in [-0.25, -0.2) is 0 Å². The first-order valence-corrected chi connectivity index (χ1v) is 11.8. The zero-order valence-electron chi connectivity index (χ0n) is 14.9. The predicted octanol–water partition coefficient (Wildman–Crippen LogP) is 0.384. The molecular formula is C21H21IN3O2-. The number of hydrogen-bond donors (Lipinski definition) is 0. The van der Waals surface area contributed by atoms with Crippen molar-refractivity contribution in [3.63, 3.8) is 0 Å². The Hall–Kier alpha value is -2.22. The van der Waals surface area contributed by atoms with E-state index >= 15 is 0 Å². The molecule has 0 saturated carbocycles. The molecular weight excluding hydrogens is 453 g/mol. The summed E-state index contributed by atoms with van der Waals surface area (Å²) in [5.41, 5.74) is 1.78. The van der Waals surface area contributed by atoms with Gasteiger partial charge in [0.2, 0.25) is 0 Å². The van der Waals surface area contributed by atoms with Gasteiger partial charge in [-0.15, -0.1) is 0 Å². The molecule has 3 aliphatic rings. The molecule has 0 aromatic carbocycles. The molecule has 2 aliphatic carbocycles. The molecule has 5 nitrogen and oxygen atoms in total. The van der Waals surface area contributed by atoms with Crippen molar-refractivity contribution >= 4 is 11.5 Å². The Balaban J connectivity index is 1.47. The Bertz CT molecular complexity index is 889. The first-order valence-electron chi connectivity index (χ1n) is 9.08. The SMILES string of the molecule is O=C(C1=CC=CCC=C1)N1CC[I-]C(c2nnc(C3=CC=CC=CC3)o2)C1. The van der Waals surface area contributed by atoms with E-state index in [0.717, 1.165) is 35.0 Å². The third kappa shape index (κ3) is 4.37. The third-order valence-electron chi connectivity index (χ3n) is 4.52. The van der Waals surface area contributed by atoms with E-state index in [1.165, 1.54) is 0 Å². The molecule has 0 radical (unpaired) electrons. The first kappa shape index (κ1) is 18.2. The van der Waals surface area contributed by atoms with Gasteiger partial charge in [-0.05, 0) is 0 Å². The van der Waals surface area contributed by atoms with Crippen LogP contribution in [0.4, 0.5) is 0 Å². The molecule has 27 heavy (non-hydrogen) atoms. The molecule has 1 saturated heterocycles. The van der Waals surface area contributed by atoms with E-state index in [1.54, 1.807) is 0 Å². The van der Waals surface area contributed by atoms with Crippen molar-refractivity contribution < 1.29 is 30.4 Å². The van der Waals surface area contributed by atoms with E-state index in [-0.39, 0.29) is 31.0 Å².